The predicted molar refractivity (Wildman–Crippen MR) is 258 cm³/mol. The summed E-state index contributed by atoms with van der Waals surface area (Å²) in [5.74, 6) is 0. The van der Waals surface area contributed by atoms with Gasteiger partial charge in [-0.25, -0.2) is 0 Å². The lowest BCUT2D eigenvalue weighted by Crippen LogP contribution is -2.61. The molecule has 8 aromatic rings. The van der Waals surface area contributed by atoms with E-state index in [1.165, 1.54) is 78.1 Å². The maximum absolute atomic E-state index is 2.57. The Labute approximate surface area is 356 Å². The Kier molecular flexibility index (Phi) is 9.06. The van der Waals surface area contributed by atoms with Gasteiger partial charge in [-0.05, 0) is 126 Å². The summed E-state index contributed by atoms with van der Waals surface area (Å²) in [6, 6.07) is 65.7. The average Bonchev–Trinajstić information content (AvgIpc) is 3.25. The van der Waals surface area contributed by atoms with Gasteiger partial charge >= 0.3 is 0 Å². The van der Waals surface area contributed by atoms with Crippen molar-refractivity contribution in [3.63, 3.8) is 0 Å². The van der Waals surface area contributed by atoms with Crippen molar-refractivity contribution in [3.8, 4) is 11.1 Å². The number of para-hydroxylation sites is 3. The van der Waals surface area contributed by atoms with Crippen molar-refractivity contribution in [2.24, 2.45) is 0 Å². The van der Waals surface area contributed by atoms with Crippen molar-refractivity contribution in [3.05, 3.63) is 204 Å². The van der Waals surface area contributed by atoms with Crippen LogP contribution in [0.3, 0.4) is 0 Å². The lowest BCUT2D eigenvalue weighted by atomic mass is 9.33. The van der Waals surface area contributed by atoms with Gasteiger partial charge in [0.05, 0.1) is 11.4 Å². The first-order valence-electron chi connectivity index (χ1n) is 21.2. The Balaban J connectivity index is 1.37. The van der Waals surface area contributed by atoms with Crippen molar-refractivity contribution in [2.75, 3.05) is 14.7 Å². The SMILES string of the molecule is Cc1ccc(N2c3ccc(C)cc3B3c4cc(C(C)(C)C)ccc4N(c4ccccc4-c4ccccc4)c4cc(N(c5ccccc5C)c5ccccc5C)cc2c43)cc1. The molecule has 2 aliphatic heterocycles. The van der Waals surface area contributed by atoms with Crippen LogP contribution in [0.2, 0.25) is 0 Å². The quantitative estimate of drug-likeness (QED) is 0.156. The molecule has 292 valence electrons. The lowest BCUT2D eigenvalue weighted by Gasteiger charge is -2.45. The third-order valence-corrected chi connectivity index (χ3v) is 12.6. The summed E-state index contributed by atoms with van der Waals surface area (Å²) in [6.45, 7) is 15.8. The fourth-order valence-electron chi connectivity index (χ4n) is 9.50. The van der Waals surface area contributed by atoms with Crippen LogP contribution in [0, 0.1) is 27.7 Å². The number of fused-ring (bicyclic) bond motifs is 4. The molecule has 0 bridgehead atoms. The first-order valence-corrected chi connectivity index (χ1v) is 21.2. The molecule has 0 unspecified atom stereocenters. The zero-order valence-electron chi connectivity index (χ0n) is 35.7. The van der Waals surface area contributed by atoms with E-state index in [1.54, 1.807) is 0 Å². The van der Waals surface area contributed by atoms with Crippen molar-refractivity contribution in [2.45, 2.75) is 53.9 Å². The maximum Gasteiger partial charge on any atom is 0.252 e. The number of anilines is 9. The maximum atomic E-state index is 2.57. The summed E-state index contributed by atoms with van der Waals surface area (Å²) >= 11 is 0. The number of hydrogen-bond acceptors (Lipinski definition) is 3. The molecular weight excluding hydrogens is 725 g/mol. The van der Waals surface area contributed by atoms with Crippen molar-refractivity contribution in [1.29, 1.82) is 0 Å². The topological polar surface area (TPSA) is 9.72 Å². The van der Waals surface area contributed by atoms with Gasteiger partial charge in [-0.3, -0.25) is 0 Å². The van der Waals surface area contributed by atoms with Gasteiger partial charge in [0, 0.05) is 45.4 Å². The zero-order valence-corrected chi connectivity index (χ0v) is 35.7. The van der Waals surface area contributed by atoms with Crippen molar-refractivity contribution < 1.29 is 0 Å². The minimum atomic E-state index is -0.0333. The number of hydrogen-bond donors (Lipinski definition) is 0. The van der Waals surface area contributed by atoms with Gasteiger partial charge in [-0.15, -0.1) is 0 Å². The Morgan fingerprint density at radius 2 is 1.00 bits per heavy atom. The normalized spacial score (nSPS) is 12.8. The van der Waals surface area contributed by atoms with Crippen LogP contribution in [-0.4, -0.2) is 6.71 Å². The molecular formula is C56H50BN3. The Morgan fingerprint density at radius 1 is 0.450 bits per heavy atom. The van der Waals surface area contributed by atoms with Crippen molar-refractivity contribution in [1.82, 2.24) is 0 Å². The number of aryl methyl sites for hydroxylation is 4. The standard InChI is InChI=1S/C56H50BN3/c1-37-25-29-43(30-26-37)58-51-31-27-38(2)33-46(51)57-47-34-42(56(5,6)7)28-32-52(47)60(50-24-16-13-21-45(50)41-19-9-8-10-20-41)54-36-44(35-53(58)55(54)57)59(48-22-14-11-17-39(48)3)49-23-15-12-18-40(49)4/h8-36H,1-7H3. The molecule has 10 rings (SSSR count). The zero-order chi connectivity index (χ0) is 41.3. The Bertz CT molecular complexity index is 2880. The molecule has 4 heteroatoms. The molecule has 0 radical (unpaired) electrons. The van der Waals surface area contributed by atoms with E-state index in [0.717, 1.165) is 28.4 Å². The van der Waals surface area contributed by atoms with E-state index in [4.69, 9.17) is 0 Å². The first kappa shape index (κ1) is 37.5. The highest BCUT2D eigenvalue weighted by atomic mass is 15.2. The van der Waals surface area contributed by atoms with E-state index in [0.29, 0.717) is 0 Å². The van der Waals surface area contributed by atoms with Crippen LogP contribution < -0.4 is 31.1 Å². The van der Waals surface area contributed by atoms with Gasteiger partial charge in [0.1, 0.15) is 0 Å². The predicted octanol–water partition coefficient (Wildman–Crippen LogP) is 13.4. The van der Waals surface area contributed by atoms with E-state index < -0.39 is 0 Å². The van der Waals surface area contributed by atoms with Gasteiger partial charge in [0.2, 0.25) is 0 Å². The molecule has 0 aliphatic carbocycles. The summed E-state index contributed by atoms with van der Waals surface area (Å²) in [4.78, 5) is 7.58. The average molecular weight is 776 g/mol. The molecule has 0 spiro atoms. The highest BCUT2D eigenvalue weighted by Gasteiger charge is 2.45. The molecule has 0 atom stereocenters. The molecule has 8 aromatic carbocycles. The molecule has 60 heavy (non-hydrogen) atoms. The third kappa shape index (κ3) is 6.21. The first-order chi connectivity index (χ1) is 29.1. The molecule has 0 saturated carbocycles. The summed E-state index contributed by atoms with van der Waals surface area (Å²) in [5, 5.41) is 0. The highest BCUT2D eigenvalue weighted by molar-refractivity contribution is 7.00. The van der Waals surface area contributed by atoms with Gasteiger partial charge in [0.15, 0.2) is 0 Å². The van der Waals surface area contributed by atoms with Crippen LogP contribution in [-0.2, 0) is 5.41 Å². The second-order valence-corrected chi connectivity index (χ2v) is 17.7. The summed E-state index contributed by atoms with van der Waals surface area (Å²) in [7, 11) is 0. The fraction of sp³-hybridized carbons (Fsp3) is 0.143. The summed E-state index contributed by atoms with van der Waals surface area (Å²) in [6.07, 6.45) is 0. The fourth-order valence-corrected chi connectivity index (χ4v) is 9.50. The second kappa shape index (κ2) is 14.5. The van der Waals surface area contributed by atoms with E-state index in [-0.39, 0.29) is 12.1 Å². The van der Waals surface area contributed by atoms with E-state index in [2.05, 4.69) is 239 Å². The van der Waals surface area contributed by atoms with Crippen LogP contribution in [0.1, 0.15) is 48.6 Å². The Morgan fingerprint density at radius 3 is 1.67 bits per heavy atom. The highest BCUT2D eigenvalue weighted by Crippen LogP contribution is 2.50. The molecule has 0 amide bonds. The van der Waals surface area contributed by atoms with Gasteiger partial charge in [0.25, 0.3) is 6.71 Å². The van der Waals surface area contributed by atoms with Gasteiger partial charge in [-0.1, -0.05) is 153 Å². The smallest absolute Gasteiger partial charge is 0.252 e. The number of benzene rings is 8. The largest absolute Gasteiger partial charge is 0.311 e. The number of rotatable bonds is 6. The molecule has 2 heterocycles. The van der Waals surface area contributed by atoms with Crippen LogP contribution in [0.4, 0.5) is 51.2 Å². The summed E-state index contributed by atoms with van der Waals surface area (Å²) in [5.41, 5.74) is 23.1. The van der Waals surface area contributed by atoms with Crippen LogP contribution in [0.25, 0.3) is 11.1 Å². The minimum Gasteiger partial charge on any atom is -0.311 e. The summed E-state index contributed by atoms with van der Waals surface area (Å²) < 4.78 is 0. The molecule has 0 saturated heterocycles. The van der Waals surface area contributed by atoms with Crippen LogP contribution in [0.15, 0.2) is 176 Å². The lowest BCUT2D eigenvalue weighted by molar-refractivity contribution is 0.591. The monoisotopic (exact) mass is 775 g/mol. The van der Waals surface area contributed by atoms with Gasteiger partial charge < -0.3 is 14.7 Å². The van der Waals surface area contributed by atoms with E-state index in [1.807, 2.05) is 0 Å². The third-order valence-electron chi connectivity index (χ3n) is 12.6. The van der Waals surface area contributed by atoms with E-state index in [9.17, 15) is 0 Å². The second-order valence-electron chi connectivity index (χ2n) is 17.7. The molecule has 0 aromatic heterocycles. The Hall–Kier alpha value is -6.78. The van der Waals surface area contributed by atoms with Crippen LogP contribution in [0.5, 0.6) is 0 Å². The van der Waals surface area contributed by atoms with Gasteiger partial charge in [-0.2, -0.15) is 0 Å². The molecule has 0 fully saturated rings. The van der Waals surface area contributed by atoms with E-state index >= 15 is 0 Å². The number of nitrogens with zero attached hydrogens (tertiary/aromatic N) is 3. The molecule has 2 aliphatic rings. The molecule has 3 nitrogen and oxygen atoms in total. The molecule has 0 N–H and O–H groups in total. The van der Waals surface area contributed by atoms with Crippen molar-refractivity contribution >= 4 is 74.3 Å². The minimum absolute atomic E-state index is 0.00320. The van der Waals surface area contributed by atoms with Crippen LogP contribution >= 0.6 is 0 Å².